The Kier molecular flexibility index (Phi) is 8.07. The number of rotatable bonds is 4. The Labute approximate surface area is 219 Å². The van der Waals surface area contributed by atoms with Crippen LogP contribution in [0.3, 0.4) is 0 Å². The molecule has 1 amide bonds. The minimum atomic E-state index is -5.08. The van der Waals surface area contributed by atoms with Crippen molar-refractivity contribution in [1.29, 1.82) is 0 Å². The number of amides is 1. The van der Waals surface area contributed by atoms with Gasteiger partial charge in [0.2, 0.25) is 0 Å². The fourth-order valence-electron chi connectivity index (χ4n) is 4.19. The van der Waals surface area contributed by atoms with Crippen molar-refractivity contribution in [2.24, 2.45) is 0 Å². The lowest BCUT2D eigenvalue weighted by molar-refractivity contribution is -0.192. The minimum Gasteiger partial charge on any atom is -0.496 e. The largest absolute Gasteiger partial charge is 0.496 e. The van der Waals surface area contributed by atoms with Crippen molar-refractivity contribution in [3.05, 3.63) is 78.3 Å². The van der Waals surface area contributed by atoms with Crippen molar-refractivity contribution in [3.8, 4) is 16.9 Å². The third-order valence-electron chi connectivity index (χ3n) is 6.06. The smallest absolute Gasteiger partial charge is 0.490 e. The summed E-state index contributed by atoms with van der Waals surface area (Å²) in [7, 11) is 1.56. The van der Waals surface area contributed by atoms with Gasteiger partial charge in [0.15, 0.2) is 11.5 Å². The molecule has 1 N–H and O–H groups in total. The number of nitrogens with zero attached hydrogens (tertiary/aromatic N) is 5. The quantitative estimate of drug-likeness (QED) is 0.374. The van der Waals surface area contributed by atoms with E-state index in [4.69, 9.17) is 24.7 Å². The average Bonchev–Trinajstić information content (AvgIpc) is 3.37. The molecule has 1 aliphatic heterocycles. The van der Waals surface area contributed by atoms with Crippen LogP contribution in [0, 0.1) is 5.82 Å². The average molecular weight is 545 g/mol. The van der Waals surface area contributed by atoms with Crippen LogP contribution >= 0.6 is 0 Å². The number of carboxylic acids is 1. The molecule has 1 aromatic carbocycles. The number of carboxylic acid groups (broad SMARTS) is 1. The van der Waals surface area contributed by atoms with Gasteiger partial charge in [-0.3, -0.25) is 9.78 Å². The third kappa shape index (κ3) is 6.48. The van der Waals surface area contributed by atoms with Crippen LogP contribution in [0.2, 0.25) is 0 Å². The van der Waals surface area contributed by atoms with Crippen LogP contribution < -0.4 is 4.74 Å². The molecule has 3 aromatic heterocycles. The first-order valence-corrected chi connectivity index (χ1v) is 11.8. The van der Waals surface area contributed by atoms with E-state index in [1.54, 1.807) is 42.2 Å². The van der Waals surface area contributed by atoms with Gasteiger partial charge < -0.3 is 14.7 Å². The van der Waals surface area contributed by atoms with Crippen LogP contribution in [-0.4, -0.2) is 67.8 Å². The number of aliphatic carboxylic acids is 1. The molecule has 1 fully saturated rings. The number of fused-ring (bicyclic) bond motifs is 1. The summed E-state index contributed by atoms with van der Waals surface area (Å²) in [6.45, 7) is 1.29. The molecule has 39 heavy (non-hydrogen) atoms. The van der Waals surface area contributed by atoms with Crippen molar-refractivity contribution < 1.29 is 37.0 Å². The summed E-state index contributed by atoms with van der Waals surface area (Å²) in [5.74, 6) is -1.74. The number of aromatic nitrogens is 4. The number of methoxy groups -OCH3 is 1. The van der Waals surface area contributed by atoms with E-state index < -0.39 is 12.1 Å². The van der Waals surface area contributed by atoms with Gasteiger partial charge in [-0.25, -0.2) is 18.7 Å². The molecule has 1 atom stereocenters. The number of benzene rings is 1. The number of halogens is 4. The number of hydrogen-bond donors (Lipinski definition) is 1. The second-order valence-corrected chi connectivity index (χ2v) is 8.66. The van der Waals surface area contributed by atoms with Crippen molar-refractivity contribution >= 4 is 17.5 Å². The molecule has 1 saturated heterocycles. The number of pyridine rings is 2. The topological polar surface area (TPSA) is 110 Å². The zero-order valence-corrected chi connectivity index (χ0v) is 20.6. The summed E-state index contributed by atoms with van der Waals surface area (Å²) in [5, 5.41) is 11.8. The van der Waals surface area contributed by atoms with E-state index in [1.165, 1.54) is 12.1 Å². The van der Waals surface area contributed by atoms with E-state index in [9.17, 15) is 22.4 Å². The maximum Gasteiger partial charge on any atom is 0.490 e. The Morgan fingerprint density at radius 3 is 2.49 bits per heavy atom. The Hall–Kier alpha value is -4.55. The highest BCUT2D eigenvalue weighted by atomic mass is 19.4. The molecule has 0 saturated carbocycles. The lowest BCUT2D eigenvalue weighted by Crippen LogP contribution is -2.39. The molecular weight excluding hydrogens is 522 g/mol. The van der Waals surface area contributed by atoms with E-state index in [0.29, 0.717) is 41.4 Å². The number of carbonyl (C=O) groups excluding carboxylic acids is 1. The van der Waals surface area contributed by atoms with Gasteiger partial charge in [-0.15, -0.1) is 0 Å². The predicted molar refractivity (Wildman–Crippen MR) is 131 cm³/mol. The number of piperidine rings is 1. The van der Waals surface area contributed by atoms with Gasteiger partial charge in [0.05, 0.1) is 7.11 Å². The van der Waals surface area contributed by atoms with Gasteiger partial charge in [-0.05, 0) is 55.3 Å². The Bertz CT molecular complexity index is 1480. The van der Waals surface area contributed by atoms with Crippen molar-refractivity contribution in [2.75, 3.05) is 20.2 Å². The maximum atomic E-state index is 13.8. The van der Waals surface area contributed by atoms with Crippen molar-refractivity contribution in [2.45, 2.75) is 24.9 Å². The highest BCUT2D eigenvalue weighted by Crippen LogP contribution is 2.31. The molecule has 5 rings (SSSR count). The molecule has 0 aliphatic carbocycles. The number of ether oxygens (including phenoxy) is 1. The predicted octanol–water partition coefficient (Wildman–Crippen LogP) is 4.59. The highest BCUT2D eigenvalue weighted by molar-refractivity contribution is 5.94. The zero-order chi connectivity index (χ0) is 28.2. The van der Waals surface area contributed by atoms with Crippen LogP contribution in [0.15, 0.2) is 61.1 Å². The first kappa shape index (κ1) is 27.5. The SMILES string of the molecule is COc1ccc(F)cc1-c1ccc2nc(C3CCCN(C(=O)c4ccncc4)C3)nn2c1.O=C(O)C(F)(F)F. The summed E-state index contributed by atoms with van der Waals surface area (Å²) in [6, 6.07) is 11.6. The van der Waals surface area contributed by atoms with Crippen molar-refractivity contribution in [3.63, 3.8) is 0 Å². The number of alkyl halides is 3. The number of hydrogen-bond acceptors (Lipinski definition) is 6. The Morgan fingerprint density at radius 2 is 1.82 bits per heavy atom. The lowest BCUT2D eigenvalue weighted by atomic mass is 9.97. The molecular formula is C26H23F4N5O4. The Balaban J connectivity index is 0.000000448. The second-order valence-electron chi connectivity index (χ2n) is 8.66. The summed E-state index contributed by atoms with van der Waals surface area (Å²) >= 11 is 0. The number of likely N-dealkylation sites (tertiary alicyclic amines) is 1. The summed E-state index contributed by atoms with van der Waals surface area (Å²) in [5.41, 5.74) is 2.77. The maximum absolute atomic E-state index is 13.8. The molecule has 0 spiro atoms. The summed E-state index contributed by atoms with van der Waals surface area (Å²) < 4.78 is 52.7. The van der Waals surface area contributed by atoms with Gasteiger partial charge in [-0.1, -0.05) is 0 Å². The van der Waals surface area contributed by atoms with E-state index in [-0.39, 0.29) is 17.6 Å². The molecule has 9 nitrogen and oxygen atoms in total. The van der Waals surface area contributed by atoms with Crippen molar-refractivity contribution in [1.82, 2.24) is 24.5 Å². The van der Waals surface area contributed by atoms with Crippen LogP contribution in [0.4, 0.5) is 17.6 Å². The molecule has 4 aromatic rings. The van der Waals surface area contributed by atoms with E-state index in [1.807, 2.05) is 23.2 Å². The van der Waals surface area contributed by atoms with E-state index in [2.05, 4.69) is 4.98 Å². The molecule has 1 unspecified atom stereocenters. The molecule has 204 valence electrons. The summed E-state index contributed by atoms with van der Waals surface area (Å²) in [6.07, 6.45) is 1.81. The molecule has 0 radical (unpaired) electrons. The lowest BCUT2D eigenvalue weighted by Gasteiger charge is -2.31. The second kappa shape index (κ2) is 11.5. The zero-order valence-electron chi connectivity index (χ0n) is 20.6. The first-order chi connectivity index (χ1) is 18.6. The third-order valence-corrected chi connectivity index (χ3v) is 6.06. The van der Waals surface area contributed by atoms with Gasteiger partial charge in [0.25, 0.3) is 5.91 Å². The number of carbonyl (C=O) groups is 2. The molecule has 13 heteroatoms. The van der Waals surface area contributed by atoms with Crippen LogP contribution in [0.1, 0.15) is 34.9 Å². The van der Waals surface area contributed by atoms with E-state index in [0.717, 1.165) is 18.4 Å². The van der Waals surface area contributed by atoms with Crippen LogP contribution in [0.5, 0.6) is 5.75 Å². The molecule has 0 bridgehead atoms. The standard InChI is InChI=1S/C24H22FN5O2.C2HF3O2/c1-32-21-6-5-19(25)13-20(21)17-4-7-22-27-23(28-30(22)15-17)18-3-2-12-29(14-18)24(31)16-8-10-26-11-9-16;3-2(4,5)1(6)7/h4-11,13,15,18H,2-3,12,14H2,1H3;(H,6,7). The first-order valence-electron chi connectivity index (χ1n) is 11.8. The van der Waals surface area contributed by atoms with Gasteiger partial charge in [-0.2, -0.15) is 18.3 Å². The fraction of sp³-hybridized carbons (Fsp3) is 0.269. The normalized spacial score (nSPS) is 15.4. The van der Waals surface area contributed by atoms with Gasteiger partial charge in [0.1, 0.15) is 11.6 Å². The monoisotopic (exact) mass is 545 g/mol. The minimum absolute atomic E-state index is 0.00125. The fourth-order valence-corrected chi connectivity index (χ4v) is 4.19. The van der Waals surface area contributed by atoms with Gasteiger partial charge in [0, 0.05) is 54.3 Å². The molecule has 4 heterocycles. The molecule has 1 aliphatic rings. The summed E-state index contributed by atoms with van der Waals surface area (Å²) in [4.78, 5) is 32.3. The highest BCUT2D eigenvalue weighted by Gasteiger charge is 2.38. The van der Waals surface area contributed by atoms with E-state index >= 15 is 0 Å². The Morgan fingerprint density at radius 1 is 1.10 bits per heavy atom. The van der Waals surface area contributed by atoms with Gasteiger partial charge >= 0.3 is 12.1 Å². The van der Waals surface area contributed by atoms with Crippen LogP contribution in [-0.2, 0) is 4.79 Å². The van der Waals surface area contributed by atoms with Crippen LogP contribution in [0.25, 0.3) is 16.8 Å².